The Hall–Kier alpha value is -2.70. The molecule has 0 bridgehead atoms. The van der Waals surface area contributed by atoms with E-state index in [9.17, 15) is 19.2 Å². The zero-order valence-electron chi connectivity index (χ0n) is 12.0. The first kappa shape index (κ1) is 14.2. The Bertz CT molecular complexity index is 664. The molecule has 1 aliphatic carbocycles. The van der Waals surface area contributed by atoms with Gasteiger partial charge in [-0.25, -0.2) is 9.69 Å². The van der Waals surface area contributed by atoms with Gasteiger partial charge in [0.05, 0.1) is 0 Å². The minimum absolute atomic E-state index is 0.186. The Morgan fingerprint density at radius 1 is 1.14 bits per heavy atom. The molecule has 1 heterocycles. The van der Waals surface area contributed by atoms with Gasteiger partial charge in [-0.1, -0.05) is 17.7 Å². The zero-order valence-corrected chi connectivity index (χ0v) is 12.0. The van der Waals surface area contributed by atoms with Crippen LogP contribution in [0.5, 0.6) is 0 Å². The quantitative estimate of drug-likeness (QED) is 0.661. The average molecular weight is 301 g/mol. The van der Waals surface area contributed by atoms with Crippen LogP contribution in [0.3, 0.4) is 0 Å². The number of aryl methyl sites for hydroxylation is 1. The van der Waals surface area contributed by atoms with Gasteiger partial charge < -0.3 is 5.32 Å². The SMILES string of the molecule is Cc1ccc(NC(=O)CN2C(=O)C(=O)N(C3CC3)C2=O)cc1. The van der Waals surface area contributed by atoms with E-state index in [1.165, 1.54) is 0 Å². The van der Waals surface area contributed by atoms with Gasteiger partial charge in [-0.2, -0.15) is 0 Å². The van der Waals surface area contributed by atoms with Crippen molar-refractivity contribution in [2.75, 3.05) is 11.9 Å². The molecule has 5 amide bonds. The molecule has 7 nitrogen and oxygen atoms in total. The second-order valence-corrected chi connectivity index (χ2v) is 5.49. The van der Waals surface area contributed by atoms with E-state index in [2.05, 4.69) is 5.32 Å². The smallest absolute Gasteiger partial charge is 0.325 e. The Morgan fingerprint density at radius 2 is 1.77 bits per heavy atom. The maximum absolute atomic E-state index is 12.1. The van der Waals surface area contributed by atoms with Crippen molar-refractivity contribution in [2.45, 2.75) is 25.8 Å². The number of hydrogen-bond acceptors (Lipinski definition) is 4. The van der Waals surface area contributed by atoms with Gasteiger partial charge >= 0.3 is 17.8 Å². The van der Waals surface area contributed by atoms with E-state index in [-0.39, 0.29) is 6.04 Å². The fourth-order valence-corrected chi connectivity index (χ4v) is 2.30. The minimum Gasteiger partial charge on any atom is -0.325 e. The van der Waals surface area contributed by atoms with Crippen LogP contribution in [0.4, 0.5) is 10.5 Å². The lowest BCUT2D eigenvalue weighted by molar-refractivity contribution is -0.143. The van der Waals surface area contributed by atoms with Crippen LogP contribution in [0.25, 0.3) is 0 Å². The van der Waals surface area contributed by atoms with Crippen molar-refractivity contribution in [1.82, 2.24) is 9.80 Å². The third-order valence-corrected chi connectivity index (χ3v) is 3.63. The van der Waals surface area contributed by atoms with Crippen molar-refractivity contribution in [3.8, 4) is 0 Å². The predicted molar refractivity (Wildman–Crippen MR) is 76.8 cm³/mol. The second-order valence-electron chi connectivity index (χ2n) is 5.49. The van der Waals surface area contributed by atoms with Crippen molar-refractivity contribution in [3.63, 3.8) is 0 Å². The van der Waals surface area contributed by atoms with Crippen molar-refractivity contribution in [3.05, 3.63) is 29.8 Å². The van der Waals surface area contributed by atoms with E-state index in [4.69, 9.17) is 0 Å². The molecule has 1 saturated carbocycles. The first-order valence-electron chi connectivity index (χ1n) is 7.03. The number of hydrogen-bond donors (Lipinski definition) is 1. The van der Waals surface area contributed by atoms with E-state index in [1.54, 1.807) is 12.1 Å². The van der Waals surface area contributed by atoms with Gasteiger partial charge in [-0.15, -0.1) is 0 Å². The summed E-state index contributed by atoms with van der Waals surface area (Å²) in [5, 5.41) is 2.60. The number of imide groups is 2. The molecule has 0 unspecified atom stereocenters. The van der Waals surface area contributed by atoms with E-state index < -0.39 is 30.3 Å². The highest BCUT2D eigenvalue weighted by Gasteiger charge is 2.51. The summed E-state index contributed by atoms with van der Waals surface area (Å²) >= 11 is 0. The summed E-state index contributed by atoms with van der Waals surface area (Å²) in [5.41, 5.74) is 1.62. The standard InChI is InChI=1S/C15H15N3O4/c1-9-2-4-10(5-3-9)16-12(19)8-17-13(20)14(21)18(15(17)22)11-6-7-11/h2-5,11H,6-8H2,1H3,(H,16,19). The van der Waals surface area contributed by atoms with Gasteiger partial charge in [-0.05, 0) is 31.9 Å². The Kier molecular flexibility index (Phi) is 3.40. The van der Waals surface area contributed by atoms with Crippen molar-refractivity contribution in [1.29, 1.82) is 0 Å². The number of carbonyl (C=O) groups excluding carboxylic acids is 4. The lowest BCUT2D eigenvalue weighted by Gasteiger charge is -2.14. The summed E-state index contributed by atoms with van der Waals surface area (Å²) < 4.78 is 0. The summed E-state index contributed by atoms with van der Waals surface area (Å²) in [5.74, 6) is -2.29. The van der Waals surface area contributed by atoms with Crippen molar-refractivity contribution >= 4 is 29.4 Å². The van der Waals surface area contributed by atoms with Crippen LogP contribution in [0.1, 0.15) is 18.4 Å². The molecular formula is C15H15N3O4. The van der Waals surface area contributed by atoms with Crippen LogP contribution in [0.15, 0.2) is 24.3 Å². The minimum atomic E-state index is -0.934. The molecule has 1 aromatic rings. The predicted octanol–water partition coefficient (Wildman–Crippen LogP) is 0.887. The third-order valence-electron chi connectivity index (χ3n) is 3.63. The van der Waals surface area contributed by atoms with E-state index in [0.717, 1.165) is 10.5 Å². The lowest BCUT2D eigenvalue weighted by Crippen LogP contribution is -2.39. The number of anilines is 1. The second kappa shape index (κ2) is 5.25. The molecular weight excluding hydrogens is 286 g/mol. The maximum atomic E-state index is 12.1. The molecule has 2 fully saturated rings. The van der Waals surface area contributed by atoms with Gasteiger partial charge in [0.1, 0.15) is 6.54 Å². The summed E-state index contributed by atoms with van der Waals surface area (Å²) in [6.07, 6.45) is 1.43. The fraction of sp³-hybridized carbons (Fsp3) is 0.333. The normalized spacial score (nSPS) is 18.1. The number of amides is 5. The molecule has 0 atom stereocenters. The lowest BCUT2D eigenvalue weighted by atomic mass is 10.2. The summed E-state index contributed by atoms with van der Waals surface area (Å²) in [6, 6.07) is 6.23. The number of carbonyl (C=O) groups is 4. The van der Waals surface area contributed by atoms with Crippen LogP contribution >= 0.6 is 0 Å². The molecule has 1 N–H and O–H groups in total. The summed E-state index contributed by atoms with van der Waals surface area (Å²) in [6.45, 7) is 1.46. The summed E-state index contributed by atoms with van der Waals surface area (Å²) in [4.78, 5) is 49.3. The van der Waals surface area contributed by atoms with Crippen LogP contribution in [-0.4, -0.2) is 46.1 Å². The maximum Gasteiger partial charge on any atom is 0.334 e. The van der Waals surface area contributed by atoms with Crippen molar-refractivity contribution in [2.24, 2.45) is 0 Å². The molecule has 1 aromatic carbocycles. The van der Waals surface area contributed by atoms with Gasteiger partial charge in [0.2, 0.25) is 5.91 Å². The van der Waals surface area contributed by atoms with Crippen LogP contribution in [0, 0.1) is 6.92 Å². The molecule has 0 aromatic heterocycles. The van der Waals surface area contributed by atoms with Crippen LogP contribution in [0.2, 0.25) is 0 Å². The average Bonchev–Trinajstić information content (AvgIpc) is 3.28. The van der Waals surface area contributed by atoms with E-state index in [1.807, 2.05) is 19.1 Å². The Balaban J connectivity index is 1.66. The number of benzene rings is 1. The zero-order chi connectivity index (χ0) is 15.9. The highest BCUT2D eigenvalue weighted by atomic mass is 16.2. The van der Waals surface area contributed by atoms with Gasteiger partial charge in [0, 0.05) is 11.7 Å². The highest BCUT2D eigenvalue weighted by molar-refractivity contribution is 6.45. The highest BCUT2D eigenvalue weighted by Crippen LogP contribution is 2.30. The van der Waals surface area contributed by atoms with Crippen LogP contribution in [-0.2, 0) is 14.4 Å². The van der Waals surface area contributed by atoms with Crippen LogP contribution < -0.4 is 5.32 Å². The summed E-state index contributed by atoms with van der Waals surface area (Å²) in [7, 11) is 0. The molecule has 0 radical (unpaired) electrons. The topological polar surface area (TPSA) is 86.8 Å². The molecule has 2 aliphatic rings. The molecule has 114 valence electrons. The first-order valence-corrected chi connectivity index (χ1v) is 7.03. The third kappa shape index (κ3) is 2.57. The van der Waals surface area contributed by atoms with Gasteiger partial charge in [-0.3, -0.25) is 19.3 Å². The number of nitrogens with one attached hydrogen (secondary N) is 1. The molecule has 1 aliphatic heterocycles. The number of rotatable bonds is 4. The Labute approximate surface area is 126 Å². The van der Waals surface area contributed by atoms with E-state index >= 15 is 0 Å². The van der Waals surface area contributed by atoms with Gasteiger partial charge in [0.25, 0.3) is 0 Å². The van der Waals surface area contributed by atoms with Gasteiger partial charge in [0.15, 0.2) is 0 Å². The fourth-order valence-electron chi connectivity index (χ4n) is 2.30. The van der Waals surface area contributed by atoms with E-state index in [0.29, 0.717) is 23.4 Å². The Morgan fingerprint density at radius 3 is 2.36 bits per heavy atom. The van der Waals surface area contributed by atoms with Crippen molar-refractivity contribution < 1.29 is 19.2 Å². The molecule has 3 rings (SSSR count). The number of nitrogens with zero attached hydrogens (tertiary/aromatic N) is 2. The molecule has 1 saturated heterocycles. The first-order chi connectivity index (χ1) is 10.5. The largest absolute Gasteiger partial charge is 0.334 e. The molecule has 7 heteroatoms. The molecule has 22 heavy (non-hydrogen) atoms. The molecule has 0 spiro atoms. The number of urea groups is 1. The monoisotopic (exact) mass is 301 g/mol.